The van der Waals surface area contributed by atoms with Crippen molar-refractivity contribution in [2.75, 3.05) is 6.61 Å². The highest BCUT2D eigenvalue weighted by molar-refractivity contribution is 5.20. The fourth-order valence-electron chi connectivity index (χ4n) is 1.21. The van der Waals surface area contributed by atoms with Crippen molar-refractivity contribution in [2.45, 2.75) is 18.9 Å². The first-order chi connectivity index (χ1) is 6.65. The molecule has 0 aromatic heterocycles. The zero-order valence-corrected chi connectivity index (χ0v) is 7.58. The Morgan fingerprint density at radius 1 is 1.21 bits per heavy atom. The molecule has 0 saturated carbocycles. The van der Waals surface area contributed by atoms with Crippen LogP contribution in [0.25, 0.3) is 0 Å². The van der Waals surface area contributed by atoms with E-state index in [2.05, 4.69) is 0 Å². The molecule has 0 spiro atoms. The summed E-state index contributed by atoms with van der Waals surface area (Å²) in [7, 11) is 0. The minimum absolute atomic E-state index is 0.112. The van der Waals surface area contributed by atoms with E-state index in [-0.39, 0.29) is 25.0 Å². The molecule has 14 heavy (non-hydrogen) atoms. The third kappa shape index (κ3) is 2.75. The maximum Gasteiger partial charge on any atom is 0.129 e. The summed E-state index contributed by atoms with van der Waals surface area (Å²) in [4.78, 5) is 0. The Morgan fingerprint density at radius 3 is 2.29 bits per heavy atom. The SMILES string of the molecule is OCCC(O)Cc1c(F)cccc1F. The number of halogens is 2. The maximum absolute atomic E-state index is 13.0. The first-order valence-electron chi connectivity index (χ1n) is 4.37. The van der Waals surface area contributed by atoms with Gasteiger partial charge in [-0.25, -0.2) is 8.78 Å². The second-order valence-corrected chi connectivity index (χ2v) is 3.07. The van der Waals surface area contributed by atoms with Crippen molar-refractivity contribution >= 4 is 0 Å². The first-order valence-corrected chi connectivity index (χ1v) is 4.37. The van der Waals surface area contributed by atoms with Crippen molar-refractivity contribution in [1.29, 1.82) is 0 Å². The van der Waals surface area contributed by atoms with E-state index in [4.69, 9.17) is 5.11 Å². The number of aliphatic hydroxyl groups is 2. The molecule has 4 heteroatoms. The van der Waals surface area contributed by atoms with E-state index >= 15 is 0 Å². The predicted octanol–water partition coefficient (Wildman–Crippen LogP) is 1.25. The molecular formula is C10H12F2O2. The molecule has 0 aliphatic carbocycles. The molecule has 0 saturated heterocycles. The normalized spacial score (nSPS) is 12.9. The van der Waals surface area contributed by atoms with E-state index < -0.39 is 17.7 Å². The molecule has 1 atom stereocenters. The Morgan fingerprint density at radius 2 is 1.79 bits per heavy atom. The summed E-state index contributed by atoms with van der Waals surface area (Å²) in [5.41, 5.74) is -0.131. The Balaban J connectivity index is 2.75. The summed E-state index contributed by atoms with van der Waals surface area (Å²) >= 11 is 0. The summed E-state index contributed by atoms with van der Waals surface area (Å²) in [5, 5.41) is 17.8. The topological polar surface area (TPSA) is 40.5 Å². The van der Waals surface area contributed by atoms with Crippen LogP contribution in [0.2, 0.25) is 0 Å². The molecule has 0 fully saturated rings. The Hall–Kier alpha value is -1.00. The number of hydrogen-bond donors (Lipinski definition) is 2. The van der Waals surface area contributed by atoms with Crippen LogP contribution >= 0.6 is 0 Å². The molecule has 1 unspecified atom stereocenters. The van der Waals surface area contributed by atoms with Gasteiger partial charge in [-0.3, -0.25) is 0 Å². The van der Waals surface area contributed by atoms with Crippen LogP contribution in [0.5, 0.6) is 0 Å². The third-order valence-electron chi connectivity index (χ3n) is 1.96. The molecule has 0 heterocycles. The van der Waals surface area contributed by atoms with Crippen molar-refractivity contribution < 1.29 is 19.0 Å². The average Bonchev–Trinajstić information content (AvgIpc) is 2.12. The third-order valence-corrected chi connectivity index (χ3v) is 1.96. The molecule has 1 aromatic rings. The van der Waals surface area contributed by atoms with Crippen LogP contribution in [0.4, 0.5) is 8.78 Å². The molecule has 0 amide bonds. The van der Waals surface area contributed by atoms with Gasteiger partial charge in [0.25, 0.3) is 0 Å². The van der Waals surface area contributed by atoms with Crippen molar-refractivity contribution in [3.05, 3.63) is 35.4 Å². The first kappa shape index (κ1) is 11.1. The molecular weight excluding hydrogens is 190 g/mol. The number of aliphatic hydroxyl groups excluding tert-OH is 2. The zero-order valence-electron chi connectivity index (χ0n) is 7.58. The summed E-state index contributed by atoms with van der Waals surface area (Å²) in [6, 6.07) is 3.56. The highest BCUT2D eigenvalue weighted by Crippen LogP contribution is 2.14. The Labute approximate surface area is 80.8 Å². The zero-order chi connectivity index (χ0) is 10.6. The van der Waals surface area contributed by atoms with Crippen molar-refractivity contribution in [3.8, 4) is 0 Å². The standard InChI is InChI=1S/C10H12F2O2/c11-9-2-1-3-10(12)8(9)6-7(14)4-5-13/h1-3,7,13-14H,4-6H2. The minimum atomic E-state index is -0.911. The lowest BCUT2D eigenvalue weighted by atomic mass is 10.0. The van der Waals surface area contributed by atoms with Crippen LogP contribution in [0.1, 0.15) is 12.0 Å². The number of hydrogen-bond acceptors (Lipinski definition) is 2. The summed E-state index contributed by atoms with van der Waals surface area (Å²) < 4.78 is 26.1. The van der Waals surface area contributed by atoms with Crippen LogP contribution in [0.3, 0.4) is 0 Å². The van der Waals surface area contributed by atoms with Crippen LogP contribution in [-0.2, 0) is 6.42 Å². The number of rotatable bonds is 4. The molecule has 0 aliphatic heterocycles. The van der Waals surface area contributed by atoms with Crippen LogP contribution in [-0.4, -0.2) is 22.9 Å². The van der Waals surface area contributed by atoms with Crippen LogP contribution < -0.4 is 0 Å². The number of benzene rings is 1. The minimum Gasteiger partial charge on any atom is -0.396 e. The van der Waals surface area contributed by atoms with Gasteiger partial charge in [-0.05, 0) is 18.6 Å². The van der Waals surface area contributed by atoms with Crippen molar-refractivity contribution in [1.82, 2.24) is 0 Å². The molecule has 0 radical (unpaired) electrons. The van der Waals surface area contributed by atoms with E-state index in [1.54, 1.807) is 0 Å². The monoisotopic (exact) mass is 202 g/mol. The summed E-state index contributed by atoms with van der Waals surface area (Å²) in [6.07, 6.45) is -0.904. The van der Waals surface area contributed by atoms with E-state index in [0.29, 0.717) is 0 Å². The Kier molecular flexibility index (Phi) is 3.98. The van der Waals surface area contributed by atoms with Gasteiger partial charge in [-0.1, -0.05) is 6.07 Å². The highest BCUT2D eigenvalue weighted by Gasteiger charge is 2.12. The molecule has 0 bridgehead atoms. The maximum atomic E-state index is 13.0. The van der Waals surface area contributed by atoms with Gasteiger partial charge >= 0.3 is 0 Å². The second-order valence-electron chi connectivity index (χ2n) is 3.07. The smallest absolute Gasteiger partial charge is 0.129 e. The van der Waals surface area contributed by atoms with Gasteiger partial charge in [-0.2, -0.15) is 0 Å². The molecule has 2 nitrogen and oxygen atoms in total. The quantitative estimate of drug-likeness (QED) is 0.771. The van der Waals surface area contributed by atoms with Gasteiger partial charge in [0, 0.05) is 18.6 Å². The van der Waals surface area contributed by atoms with E-state index in [1.807, 2.05) is 0 Å². The van der Waals surface area contributed by atoms with Gasteiger partial charge < -0.3 is 10.2 Å². The second kappa shape index (κ2) is 5.02. The lowest BCUT2D eigenvalue weighted by Crippen LogP contribution is -2.14. The van der Waals surface area contributed by atoms with Gasteiger partial charge in [0.15, 0.2) is 0 Å². The van der Waals surface area contributed by atoms with Gasteiger partial charge in [-0.15, -0.1) is 0 Å². The highest BCUT2D eigenvalue weighted by atomic mass is 19.1. The fraction of sp³-hybridized carbons (Fsp3) is 0.400. The van der Waals surface area contributed by atoms with Crippen molar-refractivity contribution in [3.63, 3.8) is 0 Å². The molecule has 2 N–H and O–H groups in total. The van der Waals surface area contributed by atoms with E-state index in [9.17, 15) is 13.9 Å². The van der Waals surface area contributed by atoms with Crippen LogP contribution in [0.15, 0.2) is 18.2 Å². The van der Waals surface area contributed by atoms with Gasteiger partial charge in [0.1, 0.15) is 11.6 Å². The van der Waals surface area contributed by atoms with Gasteiger partial charge in [0.05, 0.1) is 6.10 Å². The lowest BCUT2D eigenvalue weighted by Gasteiger charge is -2.10. The average molecular weight is 202 g/mol. The van der Waals surface area contributed by atoms with Gasteiger partial charge in [0.2, 0.25) is 0 Å². The summed E-state index contributed by atoms with van der Waals surface area (Å²) in [6.45, 7) is -0.197. The predicted molar refractivity (Wildman–Crippen MR) is 47.8 cm³/mol. The van der Waals surface area contributed by atoms with Crippen molar-refractivity contribution in [2.24, 2.45) is 0 Å². The summed E-state index contributed by atoms with van der Waals surface area (Å²) in [5.74, 6) is -1.33. The molecule has 1 rings (SSSR count). The molecule has 78 valence electrons. The van der Waals surface area contributed by atoms with E-state index in [0.717, 1.165) is 12.1 Å². The molecule has 1 aromatic carbocycles. The van der Waals surface area contributed by atoms with Crippen LogP contribution in [0, 0.1) is 11.6 Å². The molecule has 0 aliphatic rings. The fourth-order valence-corrected chi connectivity index (χ4v) is 1.21. The largest absolute Gasteiger partial charge is 0.396 e. The lowest BCUT2D eigenvalue weighted by molar-refractivity contribution is 0.131. The van der Waals surface area contributed by atoms with E-state index in [1.165, 1.54) is 6.07 Å². The Bertz CT molecular complexity index is 282.